The summed E-state index contributed by atoms with van der Waals surface area (Å²) in [4.78, 5) is 3.73. The molecule has 0 aliphatic carbocycles. The van der Waals surface area contributed by atoms with Crippen LogP contribution in [0.1, 0.15) is 0 Å². The Labute approximate surface area is 72.5 Å². The van der Waals surface area contributed by atoms with E-state index in [9.17, 15) is 8.78 Å². The van der Waals surface area contributed by atoms with Gasteiger partial charge in [-0.1, -0.05) is 0 Å². The monoisotopic (exact) mass is 181 g/mol. The van der Waals surface area contributed by atoms with Crippen LogP contribution in [-0.4, -0.2) is 10.1 Å². The minimum atomic E-state index is -0.985. The zero-order valence-electron chi connectivity index (χ0n) is 6.46. The maximum atomic E-state index is 13.1. The zero-order chi connectivity index (χ0) is 9.42. The molecule has 0 spiro atoms. The van der Waals surface area contributed by atoms with Gasteiger partial charge in [0.05, 0.1) is 11.7 Å². The molecule has 0 bridgehead atoms. The van der Waals surface area contributed by atoms with Crippen molar-refractivity contribution in [2.45, 2.75) is 0 Å². The molecule has 0 atom stereocenters. The molecule has 0 fully saturated rings. The number of aromatic hydroxyl groups is 1. The van der Waals surface area contributed by atoms with E-state index in [0.29, 0.717) is 5.52 Å². The van der Waals surface area contributed by atoms with Crippen molar-refractivity contribution in [3.05, 3.63) is 36.0 Å². The molecular formula is C9H5F2NO. The van der Waals surface area contributed by atoms with Crippen LogP contribution >= 0.6 is 0 Å². The van der Waals surface area contributed by atoms with E-state index in [1.807, 2.05) is 0 Å². The van der Waals surface area contributed by atoms with E-state index in [1.165, 1.54) is 12.3 Å². The van der Waals surface area contributed by atoms with Crippen LogP contribution in [0.2, 0.25) is 0 Å². The third-order valence-electron chi connectivity index (χ3n) is 1.74. The lowest BCUT2D eigenvalue weighted by molar-refractivity contribution is 0.472. The Hall–Kier alpha value is -1.71. The molecule has 2 nitrogen and oxygen atoms in total. The molecule has 1 aromatic carbocycles. The lowest BCUT2D eigenvalue weighted by Crippen LogP contribution is -1.87. The molecule has 2 rings (SSSR count). The quantitative estimate of drug-likeness (QED) is 0.675. The summed E-state index contributed by atoms with van der Waals surface area (Å²) in [5.74, 6) is -2.11. The van der Waals surface area contributed by atoms with Crippen LogP contribution in [0.25, 0.3) is 10.9 Å². The molecule has 0 unspecified atom stereocenters. The topological polar surface area (TPSA) is 33.1 Å². The van der Waals surface area contributed by atoms with Crippen molar-refractivity contribution in [1.29, 1.82) is 0 Å². The number of hydrogen-bond donors (Lipinski definition) is 1. The molecule has 0 saturated carbocycles. The smallest absolute Gasteiger partial charge is 0.168 e. The van der Waals surface area contributed by atoms with E-state index in [2.05, 4.69) is 4.98 Å². The number of halogens is 2. The third-order valence-corrected chi connectivity index (χ3v) is 1.74. The molecule has 1 N–H and O–H groups in total. The Bertz CT molecular complexity index is 465. The van der Waals surface area contributed by atoms with E-state index in [4.69, 9.17) is 5.11 Å². The van der Waals surface area contributed by atoms with Gasteiger partial charge in [0.2, 0.25) is 0 Å². The first kappa shape index (κ1) is 7.91. The highest BCUT2D eigenvalue weighted by molar-refractivity contribution is 5.80. The predicted octanol–water partition coefficient (Wildman–Crippen LogP) is 2.22. The van der Waals surface area contributed by atoms with Crippen LogP contribution in [0.3, 0.4) is 0 Å². The SMILES string of the molecule is Oc1cnc2ccc(F)c(F)c2c1. The van der Waals surface area contributed by atoms with Gasteiger partial charge in [-0.05, 0) is 18.2 Å². The predicted molar refractivity (Wildman–Crippen MR) is 43.3 cm³/mol. The second-order valence-corrected chi connectivity index (χ2v) is 2.62. The highest BCUT2D eigenvalue weighted by Gasteiger charge is 2.07. The largest absolute Gasteiger partial charge is 0.506 e. The average molecular weight is 181 g/mol. The summed E-state index contributed by atoms with van der Waals surface area (Å²) in [6.45, 7) is 0. The van der Waals surface area contributed by atoms with Gasteiger partial charge in [-0.3, -0.25) is 4.98 Å². The van der Waals surface area contributed by atoms with Gasteiger partial charge >= 0.3 is 0 Å². The van der Waals surface area contributed by atoms with E-state index in [1.54, 1.807) is 0 Å². The fourth-order valence-corrected chi connectivity index (χ4v) is 1.13. The van der Waals surface area contributed by atoms with Gasteiger partial charge in [0.25, 0.3) is 0 Å². The number of aromatic nitrogens is 1. The van der Waals surface area contributed by atoms with Crippen molar-refractivity contribution in [2.24, 2.45) is 0 Å². The van der Waals surface area contributed by atoms with Gasteiger partial charge in [0, 0.05) is 5.39 Å². The van der Waals surface area contributed by atoms with Crippen LogP contribution in [0.15, 0.2) is 24.4 Å². The number of benzene rings is 1. The van der Waals surface area contributed by atoms with Crippen LogP contribution < -0.4 is 0 Å². The van der Waals surface area contributed by atoms with Gasteiger partial charge in [0.1, 0.15) is 5.75 Å². The van der Waals surface area contributed by atoms with Gasteiger partial charge < -0.3 is 5.11 Å². The number of nitrogens with zero attached hydrogens (tertiary/aromatic N) is 1. The summed E-state index contributed by atoms with van der Waals surface area (Å²) in [6.07, 6.45) is 1.18. The molecule has 13 heavy (non-hydrogen) atoms. The first-order valence-corrected chi connectivity index (χ1v) is 3.61. The average Bonchev–Trinajstić information content (AvgIpc) is 2.12. The minimum Gasteiger partial charge on any atom is -0.506 e. The fraction of sp³-hybridized carbons (Fsp3) is 0. The van der Waals surface area contributed by atoms with Gasteiger partial charge in [-0.15, -0.1) is 0 Å². The molecular weight excluding hydrogens is 176 g/mol. The van der Waals surface area contributed by atoms with Crippen LogP contribution in [0.4, 0.5) is 8.78 Å². The standard InChI is InChI=1S/C9H5F2NO/c10-7-1-2-8-6(9(7)11)3-5(13)4-12-8/h1-4,13H. The number of fused-ring (bicyclic) bond motifs is 1. The van der Waals surface area contributed by atoms with Crippen molar-refractivity contribution >= 4 is 10.9 Å². The molecule has 0 amide bonds. The van der Waals surface area contributed by atoms with E-state index < -0.39 is 11.6 Å². The van der Waals surface area contributed by atoms with Crippen molar-refractivity contribution in [2.75, 3.05) is 0 Å². The van der Waals surface area contributed by atoms with E-state index >= 15 is 0 Å². The number of rotatable bonds is 0. The summed E-state index contributed by atoms with van der Waals surface area (Å²) < 4.78 is 25.7. The van der Waals surface area contributed by atoms with Crippen molar-refractivity contribution < 1.29 is 13.9 Å². The summed E-state index contributed by atoms with van der Waals surface area (Å²) in [7, 11) is 0. The molecule has 1 heterocycles. The maximum absolute atomic E-state index is 13.1. The Kier molecular flexibility index (Phi) is 1.62. The maximum Gasteiger partial charge on any atom is 0.168 e. The van der Waals surface area contributed by atoms with Crippen LogP contribution in [0, 0.1) is 11.6 Å². The minimum absolute atomic E-state index is 0.0139. The molecule has 1 aromatic heterocycles. The molecule has 0 aliphatic heterocycles. The van der Waals surface area contributed by atoms with Crippen LogP contribution in [0.5, 0.6) is 5.75 Å². The molecule has 66 valence electrons. The Morgan fingerprint density at radius 2 is 2.00 bits per heavy atom. The fourth-order valence-electron chi connectivity index (χ4n) is 1.13. The Morgan fingerprint density at radius 3 is 2.77 bits per heavy atom. The first-order valence-electron chi connectivity index (χ1n) is 3.61. The van der Waals surface area contributed by atoms with Crippen molar-refractivity contribution in [3.8, 4) is 5.75 Å². The Balaban J connectivity index is 2.89. The van der Waals surface area contributed by atoms with E-state index in [0.717, 1.165) is 12.1 Å². The molecule has 0 saturated heterocycles. The zero-order valence-corrected chi connectivity index (χ0v) is 6.46. The van der Waals surface area contributed by atoms with Gasteiger partial charge in [-0.2, -0.15) is 0 Å². The summed E-state index contributed by atoms with van der Waals surface area (Å²) in [5.41, 5.74) is 0.316. The molecule has 2 aromatic rings. The summed E-state index contributed by atoms with van der Waals surface area (Å²) >= 11 is 0. The highest BCUT2D eigenvalue weighted by atomic mass is 19.2. The van der Waals surface area contributed by atoms with E-state index in [-0.39, 0.29) is 11.1 Å². The van der Waals surface area contributed by atoms with Crippen molar-refractivity contribution in [1.82, 2.24) is 4.98 Å². The second-order valence-electron chi connectivity index (χ2n) is 2.62. The first-order chi connectivity index (χ1) is 6.18. The Morgan fingerprint density at radius 1 is 1.23 bits per heavy atom. The highest BCUT2D eigenvalue weighted by Crippen LogP contribution is 2.21. The van der Waals surface area contributed by atoms with Crippen LogP contribution in [-0.2, 0) is 0 Å². The second kappa shape index (κ2) is 2.65. The van der Waals surface area contributed by atoms with Crippen molar-refractivity contribution in [3.63, 3.8) is 0 Å². The molecule has 0 radical (unpaired) electrons. The normalized spacial score (nSPS) is 10.6. The van der Waals surface area contributed by atoms with Gasteiger partial charge in [-0.25, -0.2) is 8.78 Å². The number of pyridine rings is 1. The molecule has 0 aliphatic rings. The summed E-state index contributed by atoms with van der Waals surface area (Å²) in [5, 5.41) is 8.98. The number of hydrogen-bond acceptors (Lipinski definition) is 2. The lowest BCUT2D eigenvalue weighted by atomic mass is 10.2. The lowest BCUT2D eigenvalue weighted by Gasteiger charge is -1.99. The molecule has 4 heteroatoms. The third kappa shape index (κ3) is 1.20. The van der Waals surface area contributed by atoms with Gasteiger partial charge in [0.15, 0.2) is 11.6 Å². The summed E-state index contributed by atoms with van der Waals surface area (Å²) in [6, 6.07) is 3.50.